The predicted molar refractivity (Wildman–Crippen MR) is 99.4 cm³/mol. The largest absolute Gasteiger partial charge is 0.513 e. The van der Waals surface area contributed by atoms with Crippen molar-refractivity contribution in [3.63, 3.8) is 0 Å². The molecule has 2 aliphatic carbocycles. The van der Waals surface area contributed by atoms with E-state index in [1.807, 2.05) is 18.4 Å². The van der Waals surface area contributed by atoms with Gasteiger partial charge in [0.25, 0.3) is 5.19 Å². The topological polar surface area (TPSA) is 51.6 Å². The summed E-state index contributed by atoms with van der Waals surface area (Å²) in [6.07, 6.45) is 4.50. The fourth-order valence-corrected chi connectivity index (χ4v) is 3.91. The van der Waals surface area contributed by atoms with Gasteiger partial charge in [-0.05, 0) is 50.3 Å². The Balaban J connectivity index is 1.44. The first-order valence-electron chi connectivity index (χ1n) is 8.94. The van der Waals surface area contributed by atoms with Crippen LogP contribution in [0.15, 0.2) is 29.9 Å². The number of halogens is 1. The van der Waals surface area contributed by atoms with Crippen molar-refractivity contribution in [2.45, 2.75) is 38.7 Å². The number of benzene rings is 1. The van der Waals surface area contributed by atoms with Crippen molar-refractivity contribution < 1.29 is 19.0 Å². The molecule has 2 saturated carbocycles. The number of nitrogens with zero attached hydrogens (tertiary/aromatic N) is 1. The molecule has 2 unspecified atom stereocenters. The van der Waals surface area contributed by atoms with E-state index in [1.54, 1.807) is 0 Å². The summed E-state index contributed by atoms with van der Waals surface area (Å²) in [5.41, 5.74) is 2.17. The lowest BCUT2D eigenvalue weighted by Crippen LogP contribution is -2.24. The molecule has 1 N–H and O–H groups in total. The quantitative estimate of drug-likeness (QED) is 0.669. The van der Waals surface area contributed by atoms with Gasteiger partial charge in [0.2, 0.25) is 0 Å². The zero-order chi connectivity index (χ0) is 18.3. The Morgan fingerprint density at radius 1 is 1.42 bits per heavy atom. The Labute approximate surface area is 156 Å². The van der Waals surface area contributed by atoms with Crippen LogP contribution in [0.25, 0.3) is 11.3 Å². The summed E-state index contributed by atoms with van der Waals surface area (Å²) in [5.74, 6) is 0.366. The van der Waals surface area contributed by atoms with Gasteiger partial charge >= 0.3 is 0 Å². The van der Waals surface area contributed by atoms with Crippen LogP contribution < -0.4 is 9.47 Å². The summed E-state index contributed by atoms with van der Waals surface area (Å²) in [7, 11) is 0. The van der Waals surface area contributed by atoms with Crippen molar-refractivity contribution in [1.29, 1.82) is 0 Å². The summed E-state index contributed by atoms with van der Waals surface area (Å²) in [6.45, 7) is 5.76. The highest BCUT2D eigenvalue weighted by Gasteiger charge is 2.40. The zero-order valence-electron chi connectivity index (χ0n) is 14.7. The highest BCUT2D eigenvalue weighted by Crippen LogP contribution is 2.43. The first-order chi connectivity index (χ1) is 12.5. The van der Waals surface area contributed by atoms with Crippen molar-refractivity contribution in [3.8, 4) is 22.2 Å². The van der Waals surface area contributed by atoms with Gasteiger partial charge in [-0.2, -0.15) is 0 Å². The van der Waals surface area contributed by atoms with Crippen LogP contribution in [0.2, 0.25) is 0 Å². The number of ether oxygens (including phenoxy) is 2. The Bertz CT molecular complexity index is 807. The molecule has 0 spiro atoms. The van der Waals surface area contributed by atoms with E-state index in [2.05, 4.69) is 11.6 Å². The number of rotatable bonds is 7. The van der Waals surface area contributed by atoms with Crippen LogP contribution in [0.4, 0.5) is 4.39 Å². The molecule has 2 fully saturated rings. The molecule has 0 bridgehead atoms. The van der Waals surface area contributed by atoms with Gasteiger partial charge in [-0.3, -0.25) is 0 Å². The van der Waals surface area contributed by atoms with Crippen molar-refractivity contribution in [1.82, 2.24) is 4.98 Å². The molecule has 26 heavy (non-hydrogen) atoms. The maximum Gasteiger partial charge on any atom is 0.273 e. The lowest BCUT2D eigenvalue weighted by molar-refractivity contribution is 0.120. The molecule has 2 atom stereocenters. The van der Waals surface area contributed by atoms with Crippen LogP contribution in [-0.4, -0.2) is 22.8 Å². The minimum atomic E-state index is -0.394. The zero-order valence-corrected chi connectivity index (χ0v) is 15.5. The number of hydrogen-bond acceptors (Lipinski definition) is 5. The smallest absolute Gasteiger partial charge is 0.273 e. The van der Waals surface area contributed by atoms with Gasteiger partial charge in [0.15, 0.2) is 11.6 Å². The molecule has 0 aliphatic heterocycles. The monoisotopic (exact) mass is 375 g/mol. The van der Waals surface area contributed by atoms with E-state index in [9.17, 15) is 9.50 Å². The average Bonchev–Trinajstić information content (AvgIpc) is 3.18. The molecule has 6 heteroatoms. The predicted octanol–water partition coefficient (Wildman–Crippen LogP) is 5.28. The SMILES string of the molecule is C=C(O)C1CC1COc1c(C)cc(-c2csc(OC3CCC3)n2)cc1F. The first-order valence-corrected chi connectivity index (χ1v) is 9.82. The van der Waals surface area contributed by atoms with Gasteiger partial charge in [-0.25, -0.2) is 9.37 Å². The minimum absolute atomic E-state index is 0.0849. The number of aliphatic hydroxyl groups is 1. The Hall–Kier alpha value is -2.08. The molecule has 1 heterocycles. The second-order valence-electron chi connectivity index (χ2n) is 7.18. The van der Waals surface area contributed by atoms with Crippen molar-refractivity contribution in [2.24, 2.45) is 11.8 Å². The molecule has 2 aliphatic rings. The summed E-state index contributed by atoms with van der Waals surface area (Å²) in [4.78, 5) is 4.48. The lowest BCUT2D eigenvalue weighted by Gasteiger charge is -2.24. The lowest BCUT2D eigenvalue weighted by atomic mass is 9.96. The van der Waals surface area contributed by atoms with Gasteiger partial charge in [0.05, 0.1) is 18.1 Å². The Morgan fingerprint density at radius 3 is 2.85 bits per heavy atom. The normalized spacial score (nSPS) is 21.9. The third kappa shape index (κ3) is 3.56. The molecule has 1 aromatic carbocycles. The molecular weight excluding hydrogens is 353 g/mol. The summed E-state index contributed by atoms with van der Waals surface area (Å²) in [5, 5.41) is 11.9. The van der Waals surface area contributed by atoms with Gasteiger partial charge in [0, 0.05) is 22.8 Å². The second kappa shape index (κ2) is 6.91. The number of aryl methyl sites for hydroxylation is 1. The van der Waals surface area contributed by atoms with E-state index in [0.29, 0.717) is 11.8 Å². The summed E-state index contributed by atoms with van der Waals surface area (Å²) in [6, 6.07) is 3.34. The average molecular weight is 375 g/mol. The third-order valence-corrected chi connectivity index (χ3v) is 5.85. The minimum Gasteiger partial charge on any atom is -0.513 e. The Kier molecular flexibility index (Phi) is 4.61. The maximum atomic E-state index is 14.6. The molecule has 1 aromatic heterocycles. The number of allylic oxidation sites excluding steroid dienone is 1. The van der Waals surface area contributed by atoms with Gasteiger partial charge in [-0.1, -0.05) is 17.9 Å². The van der Waals surface area contributed by atoms with E-state index in [4.69, 9.17) is 9.47 Å². The van der Waals surface area contributed by atoms with Crippen LogP contribution in [0.3, 0.4) is 0 Å². The van der Waals surface area contributed by atoms with Crippen molar-refractivity contribution in [3.05, 3.63) is 41.2 Å². The second-order valence-corrected chi connectivity index (χ2v) is 8.00. The van der Waals surface area contributed by atoms with Crippen LogP contribution in [0.1, 0.15) is 31.2 Å². The molecule has 2 aromatic rings. The number of aromatic nitrogens is 1. The molecule has 138 valence electrons. The molecule has 4 nitrogen and oxygen atoms in total. The standard InChI is InChI=1S/C20H22FNO3S/c1-11-6-13(18-10-26-20(22-18)25-15-4-3-5-15)8-17(21)19(11)24-9-14-7-16(14)12(2)23/h6,8,10,14-16,23H,2-5,7,9H2,1H3. The van der Waals surface area contributed by atoms with E-state index in [0.717, 1.165) is 36.1 Å². The molecular formula is C20H22FNO3S. The summed E-state index contributed by atoms with van der Waals surface area (Å²) < 4.78 is 26.0. The van der Waals surface area contributed by atoms with Crippen LogP contribution in [-0.2, 0) is 0 Å². The molecule has 0 amide bonds. The number of thiazole rings is 1. The fraction of sp³-hybridized carbons (Fsp3) is 0.450. The fourth-order valence-electron chi connectivity index (χ4n) is 3.17. The third-order valence-electron chi connectivity index (χ3n) is 5.12. The van der Waals surface area contributed by atoms with Crippen LogP contribution in [0, 0.1) is 24.6 Å². The van der Waals surface area contributed by atoms with Gasteiger partial charge < -0.3 is 14.6 Å². The first kappa shape index (κ1) is 17.3. The molecule has 4 rings (SSSR count). The van der Waals surface area contributed by atoms with E-state index >= 15 is 0 Å². The van der Waals surface area contributed by atoms with Crippen LogP contribution >= 0.6 is 11.3 Å². The van der Waals surface area contributed by atoms with E-state index in [-0.39, 0.29) is 29.4 Å². The molecule has 0 radical (unpaired) electrons. The number of aliphatic hydroxyl groups excluding tert-OH is 1. The molecule has 0 saturated heterocycles. The Morgan fingerprint density at radius 2 is 2.23 bits per heavy atom. The van der Waals surface area contributed by atoms with Crippen LogP contribution in [0.5, 0.6) is 10.9 Å². The highest BCUT2D eigenvalue weighted by molar-refractivity contribution is 7.11. The van der Waals surface area contributed by atoms with Crippen molar-refractivity contribution in [2.75, 3.05) is 6.61 Å². The van der Waals surface area contributed by atoms with E-state index < -0.39 is 5.82 Å². The van der Waals surface area contributed by atoms with E-state index in [1.165, 1.54) is 23.8 Å². The van der Waals surface area contributed by atoms with Crippen molar-refractivity contribution >= 4 is 11.3 Å². The van der Waals surface area contributed by atoms with Gasteiger partial charge in [0.1, 0.15) is 6.10 Å². The number of hydrogen-bond donors (Lipinski definition) is 1. The maximum absolute atomic E-state index is 14.6. The van der Waals surface area contributed by atoms with Gasteiger partial charge in [-0.15, -0.1) is 0 Å². The highest BCUT2D eigenvalue weighted by atomic mass is 32.1. The summed E-state index contributed by atoms with van der Waals surface area (Å²) >= 11 is 1.44.